The van der Waals surface area contributed by atoms with E-state index in [4.69, 9.17) is 4.18 Å². The number of benzene rings is 1. The van der Waals surface area contributed by atoms with Gasteiger partial charge < -0.3 is 4.18 Å². The van der Waals surface area contributed by atoms with E-state index < -0.39 is 10.1 Å². The molecule has 0 saturated heterocycles. The van der Waals surface area contributed by atoms with Gasteiger partial charge in [-0.05, 0) is 18.6 Å². The van der Waals surface area contributed by atoms with Crippen LogP contribution in [0.15, 0.2) is 30.3 Å². The minimum atomic E-state index is -3.38. The summed E-state index contributed by atoms with van der Waals surface area (Å²) in [5.41, 5.74) is 0. The van der Waals surface area contributed by atoms with E-state index in [2.05, 4.69) is 0 Å². The van der Waals surface area contributed by atoms with Crippen molar-refractivity contribution in [3.63, 3.8) is 0 Å². The first-order valence-corrected chi connectivity index (χ1v) is 5.69. The topological polar surface area (TPSA) is 43.4 Å². The standard InChI is InChI=1S/C9H12O3S.Ca/c1-2-8-13(10,11)12-9-6-4-3-5-7-9;/h3-7H,2,8H2,1H3;. The summed E-state index contributed by atoms with van der Waals surface area (Å²) in [5.74, 6) is 0.429. The van der Waals surface area contributed by atoms with Crippen molar-refractivity contribution < 1.29 is 12.6 Å². The van der Waals surface area contributed by atoms with E-state index >= 15 is 0 Å². The first-order chi connectivity index (χ1) is 6.14. The molecule has 3 nitrogen and oxygen atoms in total. The van der Waals surface area contributed by atoms with Crippen molar-refractivity contribution in [2.75, 3.05) is 5.75 Å². The van der Waals surface area contributed by atoms with Gasteiger partial charge in [-0.3, -0.25) is 0 Å². The molecule has 0 aliphatic rings. The Morgan fingerprint density at radius 2 is 1.79 bits per heavy atom. The molecule has 5 heteroatoms. The minimum absolute atomic E-state index is 0. The van der Waals surface area contributed by atoms with Gasteiger partial charge >= 0.3 is 10.1 Å². The van der Waals surface area contributed by atoms with Crippen LogP contribution >= 0.6 is 0 Å². The van der Waals surface area contributed by atoms with Gasteiger partial charge in [-0.2, -0.15) is 8.42 Å². The van der Waals surface area contributed by atoms with E-state index in [0.717, 1.165) is 0 Å². The van der Waals surface area contributed by atoms with Gasteiger partial charge in [0.05, 0.1) is 5.75 Å². The zero-order valence-electron chi connectivity index (χ0n) is 8.14. The van der Waals surface area contributed by atoms with Crippen molar-refractivity contribution in [3.05, 3.63) is 30.3 Å². The van der Waals surface area contributed by atoms with Gasteiger partial charge in [0.2, 0.25) is 0 Å². The van der Waals surface area contributed by atoms with E-state index in [1.54, 1.807) is 37.3 Å². The first kappa shape index (κ1) is 14.2. The van der Waals surface area contributed by atoms with Crippen molar-refractivity contribution in [2.45, 2.75) is 13.3 Å². The molecule has 0 aliphatic heterocycles. The predicted molar refractivity (Wildman–Crippen MR) is 56.9 cm³/mol. The van der Waals surface area contributed by atoms with Crippen LogP contribution in [0.4, 0.5) is 0 Å². The molecule has 14 heavy (non-hydrogen) atoms. The molecule has 0 unspecified atom stereocenters. The molecule has 1 aromatic carbocycles. The third kappa shape index (κ3) is 5.20. The van der Waals surface area contributed by atoms with Gasteiger partial charge in [-0.25, -0.2) is 0 Å². The Balaban J connectivity index is 0.00000169. The number of hydrogen-bond acceptors (Lipinski definition) is 3. The van der Waals surface area contributed by atoms with Crippen LogP contribution in [0, 0.1) is 0 Å². The molecule has 0 aliphatic carbocycles. The van der Waals surface area contributed by atoms with Gasteiger partial charge in [-0.15, -0.1) is 0 Å². The van der Waals surface area contributed by atoms with Crippen molar-refractivity contribution in [1.82, 2.24) is 0 Å². The van der Waals surface area contributed by atoms with Crippen molar-refractivity contribution in [3.8, 4) is 5.75 Å². The fraction of sp³-hybridized carbons (Fsp3) is 0.333. The fourth-order valence-electron chi connectivity index (χ4n) is 0.914. The van der Waals surface area contributed by atoms with E-state index in [-0.39, 0.29) is 43.5 Å². The third-order valence-electron chi connectivity index (χ3n) is 1.42. The van der Waals surface area contributed by atoms with Crippen LogP contribution in [-0.2, 0) is 10.1 Å². The number of rotatable bonds is 4. The van der Waals surface area contributed by atoms with Crippen LogP contribution in [-0.4, -0.2) is 51.9 Å². The van der Waals surface area contributed by atoms with E-state index in [1.165, 1.54) is 0 Å². The molecule has 1 rings (SSSR count). The van der Waals surface area contributed by atoms with Crippen molar-refractivity contribution in [2.24, 2.45) is 0 Å². The smallest absolute Gasteiger partial charge is 0.309 e. The average molecular weight is 240 g/mol. The Kier molecular flexibility index (Phi) is 6.77. The molecule has 0 heterocycles. The Labute approximate surface area is 115 Å². The van der Waals surface area contributed by atoms with Crippen LogP contribution < -0.4 is 4.18 Å². The Bertz CT molecular complexity index is 348. The maximum Gasteiger partial charge on any atom is 0.309 e. The van der Waals surface area contributed by atoms with E-state index in [1.807, 2.05) is 0 Å². The van der Waals surface area contributed by atoms with Gasteiger partial charge in [0, 0.05) is 37.7 Å². The minimum Gasteiger partial charge on any atom is -0.382 e. The number of hydrogen-bond donors (Lipinski definition) is 0. The Morgan fingerprint density at radius 3 is 2.29 bits per heavy atom. The Morgan fingerprint density at radius 1 is 1.21 bits per heavy atom. The molecule has 0 saturated carbocycles. The summed E-state index contributed by atoms with van der Waals surface area (Å²) in [4.78, 5) is 0. The second kappa shape index (κ2) is 6.67. The van der Waals surface area contributed by atoms with Crippen LogP contribution in [0.2, 0.25) is 0 Å². The summed E-state index contributed by atoms with van der Waals surface area (Å²) < 4.78 is 27.2. The quantitative estimate of drug-likeness (QED) is 0.590. The monoisotopic (exact) mass is 240 g/mol. The molecule has 0 bridgehead atoms. The summed E-state index contributed by atoms with van der Waals surface area (Å²) in [6.07, 6.45) is 0.565. The SMILES string of the molecule is CCCS(=O)(=O)Oc1ccccc1.[Ca]. The molecule has 1 aromatic rings. The molecule has 0 spiro atoms. The van der Waals surface area contributed by atoms with Gasteiger partial charge in [0.25, 0.3) is 0 Å². The molecule has 0 aromatic heterocycles. The van der Waals surface area contributed by atoms with Crippen molar-refractivity contribution >= 4 is 47.9 Å². The normalized spacial score (nSPS) is 10.4. The van der Waals surface area contributed by atoms with Gasteiger partial charge in [0.1, 0.15) is 5.75 Å². The molecular weight excluding hydrogens is 228 g/mol. The van der Waals surface area contributed by atoms with E-state index in [0.29, 0.717) is 12.2 Å². The third-order valence-corrected chi connectivity index (χ3v) is 2.78. The van der Waals surface area contributed by atoms with Crippen LogP contribution in [0.5, 0.6) is 5.75 Å². The first-order valence-electron chi connectivity index (χ1n) is 4.11. The molecule has 0 N–H and O–H groups in total. The molecule has 2 radical (unpaired) electrons. The fourth-order valence-corrected chi connectivity index (χ4v) is 1.90. The molecule has 74 valence electrons. The van der Waals surface area contributed by atoms with E-state index in [9.17, 15) is 8.42 Å². The predicted octanol–water partition coefficient (Wildman–Crippen LogP) is 1.42. The maximum atomic E-state index is 11.2. The maximum absolute atomic E-state index is 11.2. The van der Waals surface area contributed by atoms with Crippen LogP contribution in [0.25, 0.3) is 0 Å². The summed E-state index contributed by atoms with van der Waals surface area (Å²) in [5, 5.41) is 0. The van der Waals surface area contributed by atoms with Crippen molar-refractivity contribution in [1.29, 1.82) is 0 Å². The molecular formula is C9H12CaO3S. The summed E-state index contributed by atoms with van der Waals surface area (Å²) in [6, 6.07) is 8.51. The summed E-state index contributed by atoms with van der Waals surface area (Å²) >= 11 is 0. The zero-order valence-corrected chi connectivity index (χ0v) is 11.2. The Hall–Kier alpha value is 0.230. The van der Waals surface area contributed by atoms with Gasteiger partial charge in [0.15, 0.2) is 0 Å². The summed E-state index contributed by atoms with van der Waals surface area (Å²) in [6.45, 7) is 1.80. The second-order valence-corrected chi connectivity index (χ2v) is 4.35. The summed E-state index contributed by atoms with van der Waals surface area (Å²) in [7, 11) is -3.38. The average Bonchev–Trinajstić information content (AvgIpc) is 2.04. The van der Waals surface area contributed by atoms with Gasteiger partial charge in [-0.1, -0.05) is 25.1 Å². The zero-order chi connectivity index (χ0) is 9.73. The van der Waals surface area contributed by atoms with Crippen LogP contribution in [0.1, 0.15) is 13.3 Å². The van der Waals surface area contributed by atoms with Crippen LogP contribution in [0.3, 0.4) is 0 Å². The number of para-hydroxylation sites is 1. The molecule has 0 atom stereocenters. The molecule has 0 fully saturated rings. The molecule has 0 amide bonds. The largest absolute Gasteiger partial charge is 0.382 e. The second-order valence-electron chi connectivity index (χ2n) is 2.66.